The highest BCUT2D eigenvalue weighted by Crippen LogP contribution is 2.28. The monoisotopic (exact) mass is 272 g/mol. The zero-order valence-electron chi connectivity index (χ0n) is 10.7. The van der Waals surface area contributed by atoms with Crippen molar-refractivity contribution in [1.29, 1.82) is 0 Å². The van der Waals surface area contributed by atoms with Gasteiger partial charge in [0.2, 0.25) is 0 Å². The lowest BCUT2D eigenvalue weighted by Crippen LogP contribution is -2.31. The molecular formula is C13H21ClN2S. The molecule has 4 heteroatoms. The summed E-state index contributed by atoms with van der Waals surface area (Å²) in [5.41, 5.74) is 7.83. The van der Waals surface area contributed by atoms with Crippen LogP contribution in [-0.4, -0.2) is 31.6 Å². The van der Waals surface area contributed by atoms with Gasteiger partial charge in [-0.3, -0.25) is 0 Å². The number of halogens is 1. The Hall–Kier alpha value is -0.380. The average molecular weight is 273 g/mol. The van der Waals surface area contributed by atoms with E-state index < -0.39 is 0 Å². The summed E-state index contributed by atoms with van der Waals surface area (Å²) in [6.07, 6.45) is 3.00. The molecule has 0 radical (unpaired) electrons. The Labute approximate surface area is 114 Å². The average Bonchev–Trinajstić information content (AvgIpc) is 2.29. The highest BCUT2D eigenvalue weighted by Gasteiger charge is 2.12. The first-order chi connectivity index (χ1) is 8.10. The van der Waals surface area contributed by atoms with E-state index in [1.54, 1.807) is 0 Å². The second-order valence-electron chi connectivity index (χ2n) is 4.24. The van der Waals surface area contributed by atoms with Gasteiger partial charge in [-0.2, -0.15) is 11.8 Å². The van der Waals surface area contributed by atoms with E-state index in [4.69, 9.17) is 17.3 Å². The predicted octanol–water partition coefficient (Wildman–Crippen LogP) is 3.03. The molecule has 2 nitrogen and oxygen atoms in total. The van der Waals surface area contributed by atoms with Gasteiger partial charge >= 0.3 is 0 Å². The minimum Gasteiger partial charge on any atom is -0.370 e. The molecule has 0 aliphatic rings. The lowest BCUT2D eigenvalue weighted by Gasteiger charge is -2.27. The number of hydrogen-bond donors (Lipinski definition) is 1. The normalized spacial score (nSPS) is 12.5. The van der Waals surface area contributed by atoms with Gasteiger partial charge in [0.05, 0.1) is 10.7 Å². The Kier molecular flexibility index (Phi) is 6.17. The number of nitrogens with two attached hydrogens (primary N) is 1. The fraction of sp³-hybridized carbons (Fsp3) is 0.538. The Balaban J connectivity index is 2.83. The van der Waals surface area contributed by atoms with Crippen molar-refractivity contribution in [3.63, 3.8) is 0 Å². The molecule has 0 aromatic heterocycles. The molecule has 0 bridgehead atoms. The van der Waals surface area contributed by atoms with Crippen LogP contribution >= 0.6 is 23.4 Å². The van der Waals surface area contributed by atoms with Crippen LogP contribution in [0.25, 0.3) is 0 Å². The number of rotatable bonds is 6. The molecule has 1 rings (SSSR count). The van der Waals surface area contributed by atoms with Crippen LogP contribution in [0, 0.1) is 0 Å². The Morgan fingerprint density at radius 2 is 2.18 bits per heavy atom. The fourth-order valence-electron chi connectivity index (χ4n) is 1.75. The summed E-state index contributed by atoms with van der Waals surface area (Å²) in [7, 11) is 2.09. The maximum atomic E-state index is 6.31. The first-order valence-electron chi connectivity index (χ1n) is 5.80. The van der Waals surface area contributed by atoms with E-state index in [2.05, 4.69) is 37.3 Å². The van der Waals surface area contributed by atoms with E-state index >= 15 is 0 Å². The first-order valence-corrected chi connectivity index (χ1v) is 7.57. The molecule has 0 amide bonds. The van der Waals surface area contributed by atoms with E-state index in [1.165, 1.54) is 5.56 Å². The Morgan fingerprint density at radius 3 is 2.71 bits per heavy atom. The summed E-state index contributed by atoms with van der Waals surface area (Å²) in [6, 6.07) is 6.69. The first kappa shape index (κ1) is 14.7. The van der Waals surface area contributed by atoms with Gasteiger partial charge < -0.3 is 10.6 Å². The van der Waals surface area contributed by atoms with E-state index in [9.17, 15) is 0 Å². The summed E-state index contributed by atoms with van der Waals surface area (Å²) >= 11 is 8.16. The summed E-state index contributed by atoms with van der Waals surface area (Å²) in [6.45, 7) is 2.87. The molecule has 1 atom stereocenters. The number of anilines is 1. The van der Waals surface area contributed by atoms with Gasteiger partial charge in [0.15, 0.2) is 0 Å². The maximum absolute atomic E-state index is 6.31. The quantitative estimate of drug-likeness (QED) is 0.863. The van der Waals surface area contributed by atoms with Gasteiger partial charge in [-0.1, -0.05) is 17.7 Å². The van der Waals surface area contributed by atoms with E-state index in [-0.39, 0.29) is 0 Å². The third-order valence-electron chi connectivity index (χ3n) is 2.89. The largest absolute Gasteiger partial charge is 0.370 e. The standard InChI is InChI=1S/C13H21ClN2S/c1-10(9-17-3)16(2)13-5-4-11(6-7-15)8-12(13)14/h4-5,8,10H,6-7,9,15H2,1-3H3. The van der Waals surface area contributed by atoms with Crippen LogP contribution in [0.4, 0.5) is 5.69 Å². The van der Waals surface area contributed by atoms with E-state index in [0.717, 1.165) is 22.9 Å². The molecule has 1 aromatic carbocycles. The van der Waals surface area contributed by atoms with Crippen LogP contribution in [-0.2, 0) is 6.42 Å². The van der Waals surface area contributed by atoms with Crippen LogP contribution in [0.15, 0.2) is 18.2 Å². The van der Waals surface area contributed by atoms with Crippen molar-refractivity contribution in [3.05, 3.63) is 28.8 Å². The van der Waals surface area contributed by atoms with Crippen molar-refractivity contribution < 1.29 is 0 Å². The molecule has 0 fully saturated rings. The molecule has 96 valence electrons. The van der Waals surface area contributed by atoms with Crippen molar-refractivity contribution in [2.45, 2.75) is 19.4 Å². The molecule has 17 heavy (non-hydrogen) atoms. The molecule has 0 heterocycles. The minimum atomic E-state index is 0.475. The molecule has 1 unspecified atom stereocenters. The topological polar surface area (TPSA) is 29.3 Å². The van der Waals surface area contributed by atoms with Gasteiger partial charge in [-0.05, 0) is 43.8 Å². The van der Waals surface area contributed by atoms with Gasteiger partial charge in [0.1, 0.15) is 0 Å². The summed E-state index contributed by atoms with van der Waals surface area (Å²) in [5, 5.41) is 0.811. The number of nitrogens with zero attached hydrogens (tertiary/aromatic N) is 1. The number of hydrogen-bond acceptors (Lipinski definition) is 3. The van der Waals surface area contributed by atoms with Gasteiger partial charge in [0, 0.05) is 18.8 Å². The third-order valence-corrected chi connectivity index (χ3v) is 4.01. The van der Waals surface area contributed by atoms with Gasteiger partial charge in [-0.15, -0.1) is 0 Å². The second-order valence-corrected chi connectivity index (χ2v) is 5.56. The molecule has 0 saturated heterocycles. The lowest BCUT2D eigenvalue weighted by molar-refractivity contribution is 0.765. The Morgan fingerprint density at radius 1 is 1.47 bits per heavy atom. The minimum absolute atomic E-state index is 0.475. The van der Waals surface area contributed by atoms with Crippen LogP contribution in [0.3, 0.4) is 0 Å². The van der Waals surface area contributed by atoms with Crippen molar-refractivity contribution >= 4 is 29.1 Å². The van der Waals surface area contributed by atoms with E-state index in [1.807, 2.05) is 17.8 Å². The van der Waals surface area contributed by atoms with Crippen LogP contribution in [0.1, 0.15) is 12.5 Å². The summed E-state index contributed by atoms with van der Waals surface area (Å²) in [5.74, 6) is 1.09. The molecule has 0 aliphatic heterocycles. The molecule has 1 aromatic rings. The molecule has 0 aliphatic carbocycles. The fourth-order valence-corrected chi connectivity index (χ4v) is 2.79. The van der Waals surface area contributed by atoms with Crippen molar-refractivity contribution in [2.75, 3.05) is 30.5 Å². The summed E-state index contributed by atoms with van der Waals surface area (Å²) in [4.78, 5) is 2.23. The second kappa shape index (κ2) is 7.14. The molecule has 2 N–H and O–H groups in total. The lowest BCUT2D eigenvalue weighted by atomic mass is 10.1. The summed E-state index contributed by atoms with van der Waals surface area (Å²) < 4.78 is 0. The number of benzene rings is 1. The predicted molar refractivity (Wildman–Crippen MR) is 80.5 cm³/mol. The van der Waals surface area contributed by atoms with Gasteiger partial charge in [-0.25, -0.2) is 0 Å². The van der Waals surface area contributed by atoms with Crippen LogP contribution in [0.5, 0.6) is 0 Å². The zero-order valence-corrected chi connectivity index (χ0v) is 12.3. The smallest absolute Gasteiger partial charge is 0.0642 e. The van der Waals surface area contributed by atoms with Crippen LogP contribution < -0.4 is 10.6 Å². The SMILES string of the molecule is CSCC(C)N(C)c1ccc(CCN)cc1Cl. The van der Waals surface area contributed by atoms with Gasteiger partial charge in [0.25, 0.3) is 0 Å². The van der Waals surface area contributed by atoms with E-state index in [0.29, 0.717) is 12.6 Å². The highest BCUT2D eigenvalue weighted by atomic mass is 35.5. The molecular weight excluding hydrogens is 252 g/mol. The van der Waals surface area contributed by atoms with Crippen molar-refractivity contribution in [2.24, 2.45) is 5.73 Å². The van der Waals surface area contributed by atoms with Crippen molar-refractivity contribution in [3.8, 4) is 0 Å². The van der Waals surface area contributed by atoms with Crippen LogP contribution in [0.2, 0.25) is 5.02 Å². The zero-order chi connectivity index (χ0) is 12.8. The highest BCUT2D eigenvalue weighted by molar-refractivity contribution is 7.98. The third kappa shape index (κ3) is 4.09. The molecule has 0 spiro atoms. The maximum Gasteiger partial charge on any atom is 0.0642 e. The Bertz CT molecular complexity index is 357. The number of thioether (sulfide) groups is 1. The molecule has 0 saturated carbocycles. The van der Waals surface area contributed by atoms with Crippen molar-refractivity contribution in [1.82, 2.24) is 0 Å².